The molecular weight excluding hydrogens is 361 g/mol. The number of rotatable bonds is 3. The number of benzene rings is 3. The Labute approximate surface area is 173 Å². The van der Waals surface area contributed by atoms with Crippen molar-refractivity contribution in [3.05, 3.63) is 112 Å². The Hall–Kier alpha value is -2.71. The lowest BCUT2D eigenvalue weighted by molar-refractivity contribution is 1.32. The molecule has 0 saturated carbocycles. The van der Waals surface area contributed by atoms with Crippen LogP contribution in [-0.4, -0.2) is 6.85 Å². The first-order valence-corrected chi connectivity index (χ1v) is 9.99. The van der Waals surface area contributed by atoms with Gasteiger partial charge < -0.3 is 4.81 Å². The molecule has 0 unspecified atom stereocenters. The maximum atomic E-state index is 6.18. The molecule has 0 aromatic heterocycles. The van der Waals surface area contributed by atoms with Crippen LogP contribution >= 0.6 is 11.6 Å². The average molecular weight is 384 g/mol. The smallest absolute Gasteiger partial charge is 0.321 e. The number of hydrogen-bond donors (Lipinski definition) is 0. The predicted molar refractivity (Wildman–Crippen MR) is 124 cm³/mol. The lowest BCUT2D eigenvalue weighted by atomic mass is 9.50. The fourth-order valence-electron chi connectivity index (χ4n) is 4.20. The maximum absolute atomic E-state index is 6.18. The first-order valence-electron chi connectivity index (χ1n) is 9.61. The van der Waals surface area contributed by atoms with E-state index in [1.807, 2.05) is 12.1 Å². The monoisotopic (exact) mass is 383 g/mol. The fraction of sp³-hybridized carbons (Fsp3) is 0.120. The Balaban J connectivity index is 1.90. The van der Waals surface area contributed by atoms with Crippen LogP contribution in [0.5, 0.6) is 0 Å². The summed E-state index contributed by atoms with van der Waals surface area (Å²) in [6.07, 6.45) is 4.37. The molecular formula is C25H23BClN. The molecule has 1 aliphatic rings. The first-order chi connectivity index (χ1) is 13.5. The third-order valence-corrected chi connectivity index (χ3v) is 5.55. The van der Waals surface area contributed by atoms with Gasteiger partial charge in [0, 0.05) is 16.4 Å². The van der Waals surface area contributed by atoms with Crippen LogP contribution in [0.2, 0.25) is 5.02 Å². The molecule has 1 aliphatic heterocycles. The van der Waals surface area contributed by atoms with Gasteiger partial charge in [0.15, 0.2) is 0 Å². The van der Waals surface area contributed by atoms with Gasteiger partial charge in [-0.25, -0.2) is 0 Å². The van der Waals surface area contributed by atoms with Crippen molar-refractivity contribution in [1.29, 1.82) is 0 Å². The molecule has 0 amide bonds. The summed E-state index contributed by atoms with van der Waals surface area (Å²) in [6, 6.07) is 23.2. The van der Waals surface area contributed by atoms with E-state index in [2.05, 4.69) is 98.3 Å². The van der Waals surface area contributed by atoms with Gasteiger partial charge in [-0.1, -0.05) is 82.8 Å². The Morgan fingerprint density at radius 1 is 0.821 bits per heavy atom. The normalized spacial score (nSPS) is 13.6. The third-order valence-electron chi connectivity index (χ3n) is 5.29. The van der Waals surface area contributed by atoms with Gasteiger partial charge in [-0.3, -0.25) is 0 Å². The Morgan fingerprint density at radius 2 is 1.46 bits per heavy atom. The Morgan fingerprint density at radius 3 is 2.11 bits per heavy atom. The minimum Gasteiger partial charge on any atom is -0.377 e. The van der Waals surface area contributed by atoms with Gasteiger partial charge in [0.25, 0.3) is 0 Å². The first kappa shape index (κ1) is 18.6. The van der Waals surface area contributed by atoms with Crippen molar-refractivity contribution in [1.82, 2.24) is 0 Å². The SMILES string of the molecule is Cc1cc(C)c(B2C=CC=C(c3ccccc3)N2c2ccc(Cl)cc2)c(C)c1. The third kappa shape index (κ3) is 3.53. The lowest BCUT2D eigenvalue weighted by Crippen LogP contribution is -2.49. The van der Waals surface area contributed by atoms with Gasteiger partial charge in [-0.2, -0.15) is 0 Å². The quantitative estimate of drug-likeness (QED) is 0.492. The second-order valence-electron chi connectivity index (χ2n) is 7.41. The van der Waals surface area contributed by atoms with Gasteiger partial charge in [-0.15, -0.1) is 0 Å². The van der Waals surface area contributed by atoms with Crippen LogP contribution in [0.4, 0.5) is 5.69 Å². The van der Waals surface area contributed by atoms with Gasteiger partial charge in [0.1, 0.15) is 0 Å². The van der Waals surface area contributed by atoms with E-state index in [4.69, 9.17) is 11.6 Å². The van der Waals surface area contributed by atoms with E-state index in [9.17, 15) is 0 Å². The van der Waals surface area contributed by atoms with Crippen LogP contribution in [0.1, 0.15) is 22.3 Å². The summed E-state index contributed by atoms with van der Waals surface area (Å²) >= 11 is 6.18. The summed E-state index contributed by atoms with van der Waals surface area (Å²) in [5.74, 6) is 2.28. The van der Waals surface area contributed by atoms with Crippen LogP contribution in [0, 0.1) is 20.8 Å². The van der Waals surface area contributed by atoms with Gasteiger partial charge in [-0.05, 0) is 62.1 Å². The average Bonchev–Trinajstić information content (AvgIpc) is 2.68. The number of aryl methyl sites for hydroxylation is 3. The van der Waals surface area contributed by atoms with Crippen LogP contribution in [0.15, 0.2) is 84.9 Å². The van der Waals surface area contributed by atoms with Crippen molar-refractivity contribution in [2.75, 3.05) is 4.81 Å². The van der Waals surface area contributed by atoms with Crippen molar-refractivity contribution < 1.29 is 0 Å². The molecule has 3 heteroatoms. The van der Waals surface area contributed by atoms with Gasteiger partial charge in [0.05, 0.1) is 0 Å². The molecule has 1 nitrogen and oxygen atoms in total. The van der Waals surface area contributed by atoms with Crippen LogP contribution in [0.3, 0.4) is 0 Å². The molecule has 4 rings (SSSR count). The van der Waals surface area contributed by atoms with Crippen molar-refractivity contribution in [2.24, 2.45) is 0 Å². The van der Waals surface area contributed by atoms with Crippen molar-refractivity contribution in [3.8, 4) is 0 Å². The number of hydrogen-bond acceptors (Lipinski definition) is 1. The molecule has 1 heterocycles. The summed E-state index contributed by atoms with van der Waals surface area (Å²) in [5.41, 5.74) is 8.83. The standard InChI is InChI=1S/C25H23BClN/c1-18-16-19(2)25(20(3)17-18)26-15-7-10-24(21-8-5-4-6-9-21)28(26)23-13-11-22(27)12-14-23/h4-17H,1-3H3. The highest BCUT2D eigenvalue weighted by atomic mass is 35.5. The predicted octanol–water partition coefficient (Wildman–Crippen LogP) is 6.12. The summed E-state index contributed by atoms with van der Waals surface area (Å²) in [6.45, 7) is 6.71. The summed E-state index contributed by atoms with van der Waals surface area (Å²) in [7, 11) is 0. The topological polar surface area (TPSA) is 3.24 Å². The van der Waals surface area contributed by atoms with E-state index in [1.54, 1.807) is 0 Å². The van der Waals surface area contributed by atoms with E-state index in [-0.39, 0.29) is 6.85 Å². The fourth-order valence-corrected chi connectivity index (χ4v) is 4.32. The van der Waals surface area contributed by atoms with Crippen LogP contribution < -0.4 is 10.3 Å². The largest absolute Gasteiger partial charge is 0.377 e. The van der Waals surface area contributed by atoms with E-state index in [0.717, 1.165) is 10.7 Å². The van der Waals surface area contributed by atoms with Crippen LogP contribution in [-0.2, 0) is 0 Å². The summed E-state index contributed by atoms with van der Waals surface area (Å²) in [4.78, 5) is 2.41. The zero-order valence-corrected chi connectivity index (χ0v) is 17.2. The molecule has 0 bridgehead atoms. The summed E-state index contributed by atoms with van der Waals surface area (Å²) < 4.78 is 0. The highest BCUT2D eigenvalue weighted by Gasteiger charge is 2.31. The maximum Gasteiger partial charge on any atom is 0.321 e. The second kappa shape index (κ2) is 7.73. The molecule has 0 spiro atoms. The molecule has 138 valence electrons. The van der Waals surface area contributed by atoms with Gasteiger partial charge >= 0.3 is 6.85 Å². The number of anilines is 1. The minimum atomic E-state index is 0.127. The number of halogens is 1. The molecule has 0 fully saturated rings. The van der Waals surface area contributed by atoms with Crippen molar-refractivity contribution in [2.45, 2.75) is 20.8 Å². The zero-order valence-electron chi connectivity index (χ0n) is 16.5. The highest BCUT2D eigenvalue weighted by Crippen LogP contribution is 2.31. The highest BCUT2D eigenvalue weighted by molar-refractivity contribution is 6.83. The molecule has 0 saturated heterocycles. The van der Waals surface area contributed by atoms with Crippen molar-refractivity contribution >= 4 is 35.3 Å². The van der Waals surface area contributed by atoms with E-state index >= 15 is 0 Å². The van der Waals surface area contributed by atoms with Gasteiger partial charge in [0.2, 0.25) is 0 Å². The molecule has 0 aliphatic carbocycles. The number of allylic oxidation sites excluding steroid dienone is 2. The molecule has 28 heavy (non-hydrogen) atoms. The van der Waals surface area contributed by atoms with E-state index in [0.29, 0.717) is 0 Å². The van der Waals surface area contributed by atoms with E-state index < -0.39 is 0 Å². The molecule has 3 aromatic rings. The van der Waals surface area contributed by atoms with Crippen molar-refractivity contribution in [3.63, 3.8) is 0 Å². The second-order valence-corrected chi connectivity index (χ2v) is 7.84. The molecule has 0 radical (unpaired) electrons. The Kier molecular flexibility index (Phi) is 5.15. The lowest BCUT2D eigenvalue weighted by Gasteiger charge is -2.36. The minimum absolute atomic E-state index is 0.127. The molecule has 0 atom stereocenters. The van der Waals surface area contributed by atoms with E-state index in [1.165, 1.54) is 33.4 Å². The van der Waals surface area contributed by atoms with Crippen LogP contribution in [0.25, 0.3) is 5.70 Å². The molecule has 3 aromatic carbocycles. The summed E-state index contributed by atoms with van der Waals surface area (Å²) in [5, 5.41) is 0.751. The molecule has 0 N–H and O–H groups in total. The Bertz CT molecular complexity index is 1030. The zero-order chi connectivity index (χ0) is 19.7. The number of nitrogens with zero attached hydrogens (tertiary/aromatic N) is 1.